The third kappa shape index (κ3) is 7.08. The molecule has 0 saturated heterocycles. The van der Waals surface area contributed by atoms with Gasteiger partial charge in [-0.25, -0.2) is 0 Å². The Kier molecular flexibility index (Phi) is 9.58. The molecular weight excluding hydrogens is 616 g/mol. The molecular formula is C41H30N2O6. The fraction of sp³-hybridized carbons (Fsp3) is 0.0732. The lowest BCUT2D eigenvalue weighted by molar-refractivity contribution is -0.385. The van der Waals surface area contributed by atoms with Crippen LogP contribution in [0.4, 0.5) is 11.4 Å². The summed E-state index contributed by atoms with van der Waals surface area (Å²) >= 11 is 0. The Morgan fingerprint density at radius 2 is 0.755 bits per heavy atom. The van der Waals surface area contributed by atoms with Crippen LogP contribution >= 0.6 is 0 Å². The van der Waals surface area contributed by atoms with E-state index in [2.05, 4.69) is 0 Å². The number of carbonyl (C=O) groups is 2. The molecule has 0 amide bonds. The van der Waals surface area contributed by atoms with E-state index in [0.717, 1.165) is 11.1 Å². The minimum absolute atomic E-state index is 0.00957. The summed E-state index contributed by atoms with van der Waals surface area (Å²) in [6.07, 6.45) is 0.607. The van der Waals surface area contributed by atoms with Crippen molar-refractivity contribution in [3.8, 4) is 0 Å². The third-order valence-corrected chi connectivity index (χ3v) is 8.52. The molecule has 0 heterocycles. The van der Waals surface area contributed by atoms with E-state index in [9.17, 15) is 29.8 Å². The normalized spacial score (nSPS) is 10.8. The molecule has 0 bridgehead atoms. The maximum absolute atomic E-state index is 14.1. The molecule has 0 atom stereocenters. The van der Waals surface area contributed by atoms with E-state index in [1.165, 1.54) is 12.1 Å². The summed E-state index contributed by atoms with van der Waals surface area (Å²) in [5, 5.41) is 24.8. The first kappa shape index (κ1) is 32.4. The van der Waals surface area contributed by atoms with E-state index in [0.29, 0.717) is 33.4 Å². The predicted molar refractivity (Wildman–Crippen MR) is 187 cm³/mol. The monoisotopic (exact) mass is 646 g/mol. The van der Waals surface area contributed by atoms with Crippen LogP contribution in [0.25, 0.3) is 0 Å². The summed E-state index contributed by atoms with van der Waals surface area (Å²) in [5.41, 5.74) is 3.91. The van der Waals surface area contributed by atoms with Crippen LogP contribution in [0.15, 0.2) is 146 Å². The molecule has 0 saturated carbocycles. The fourth-order valence-corrected chi connectivity index (χ4v) is 6.18. The molecule has 0 N–H and O–H groups in total. The predicted octanol–water partition coefficient (Wildman–Crippen LogP) is 8.74. The van der Waals surface area contributed by atoms with Crippen LogP contribution in [0.2, 0.25) is 0 Å². The average molecular weight is 647 g/mol. The average Bonchev–Trinajstić information content (AvgIpc) is 3.13. The molecule has 0 unspecified atom stereocenters. The first-order chi connectivity index (χ1) is 23.8. The Labute approximate surface area is 282 Å². The van der Waals surface area contributed by atoms with Crippen LogP contribution in [-0.2, 0) is 19.3 Å². The molecule has 49 heavy (non-hydrogen) atoms. The van der Waals surface area contributed by atoms with Crippen molar-refractivity contribution < 1.29 is 19.4 Å². The van der Waals surface area contributed by atoms with Crippen molar-refractivity contribution in [3.63, 3.8) is 0 Å². The number of nitro groups is 2. The van der Waals surface area contributed by atoms with Gasteiger partial charge in [-0.3, -0.25) is 29.8 Å². The molecule has 0 radical (unpaired) electrons. The first-order valence-electron chi connectivity index (χ1n) is 15.7. The van der Waals surface area contributed by atoms with Crippen LogP contribution in [0, 0.1) is 20.2 Å². The van der Waals surface area contributed by atoms with Gasteiger partial charge >= 0.3 is 0 Å². The summed E-state index contributed by atoms with van der Waals surface area (Å²) in [4.78, 5) is 51.9. The Hall–Kier alpha value is -6.54. The highest BCUT2D eigenvalue weighted by molar-refractivity contribution is 6.13. The minimum atomic E-state index is -0.544. The number of benzene rings is 6. The summed E-state index contributed by atoms with van der Waals surface area (Å²) < 4.78 is 0. The van der Waals surface area contributed by atoms with E-state index >= 15 is 0 Å². The van der Waals surface area contributed by atoms with E-state index in [4.69, 9.17) is 0 Å². The van der Waals surface area contributed by atoms with Gasteiger partial charge in [0.25, 0.3) is 11.4 Å². The number of nitrogens with zero attached hydrogens (tertiary/aromatic N) is 2. The van der Waals surface area contributed by atoms with E-state index in [1.807, 2.05) is 60.7 Å². The number of nitro benzene ring substituents is 2. The SMILES string of the molecule is O=C(c1ccccc1)c1c([N+](=O)[O-])ccc(Cc2ccc([N+](=O)[O-])c(C(=O)c3ccccc3)c2Cc2ccccc2)c1Cc1ccccc1. The molecule has 0 aromatic heterocycles. The van der Waals surface area contributed by atoms with Crippen molar-refractivity contribution in [2.75, 3.05) is 0 Å². The summed E-state index contributed by atoms with van der Waals surface area (Å²) in [7, 11) is 0. The van der Waals surface area contributed by atoms with Gasteiger partial charge in [0.2, 0.25) is 0 Å². The lowest BCUT2D eigenvalue weighted by atomic mass is 9.83. The van der Waals surface area contributed by atoms with Gasteiger partial charge in [0.05, 0.1) is 9.85 Å². The van der Waals surface area contributed by atoms with Crippen LogP contribution in [-0.4, -0.2) is 21.4 Å². The quantitative estimate of drug-likeness (QED) is 0.0745. The molecule has 0 fully saturated rings. The number of rotatable bonds is 12. The van der Waals surface area contributed by atoms with Gasteiger partial charge < -0.3 is 0 Å². The smallest absolute Gasteiger partial charge is 0.280 e. The van der Waals surface area contributed by atoms with E-state index < -0.39 is 21.4 Å². The highest BCUT2D eigenvalue weighted by Crippen LogP contribution is 2.35. The Bertz CT molecular complexity index is 2010. The fourth-order valence-electron chi connectivity index (χ4n) is 6.18. The molecule has 6 rings (SSSR count). The van der Waals surface area contributed by atoms with Gasteiger partial charge in [0.15, 0.2) is 11.6 Å². The van der Waals surface area contributed by atoms with Gasteiger partial charge in [-0.05, 0) is 52.6 Å². The second-order valence-electron chi connectivity index (χ2n) is 11.6. The number of carbonyl (C=O) groups excluding carboxylic acids is 2. The summed E-state index contributed by atoms with van der Waals surface area (Å²) in [6.45, 7) is 0. The highest BCUT2D eigenvalue weighted by atomic mass is 16.6. The topological polar surface area (TPSA) is 120 Å². The van der Waals surface area contributed by atoms with Crippen molar-refractivity contribution in [2.24, 2.45) is 0 Å². The zero-order chi connectivity index (χ0) is 34.3. The largest absolute Gasteiger partial charge is 0.288 e. The van der Waals surface area contributed by atoms with Crippen LogP contribution in [0.5, 0.6) is 0 Å². The lowest BCUT2D eigenvalue weighted by Gasteiger charge is -2.19. The zero-order valence-electron chi connectivity index (χ0n) is 26.3. The van der Waals surface area contributed by atoms with Crippen molar-refractivity contribution in [1.29, 1.82) is 0 Å². The first-order valence-corrected chi connectivity index (χ1v) is 15.7. The van der Waals surface area contributed by atoms with Gasteiger partial charge in [0, 0.05) is 23.3 Å². The number of hydrogen-bond acceptors (Lipinski definition) is 6. The second-order valence-corrected chi connectivity index (χ2v) is 11.6. The second kappa shape index (κ2) is 14.5. The van der Waals surface area contributed by atoms with E-state index in [1.54, 1.807) is 72.8 Å². The Morgan fingerprint density at radius 3 is 1.08 bits per heavy atom. The minimum Gasteiger partial charge on any atom is -0.288 e. The standard InChI is InChI=1S/C41H30N2O6/c44-40(30-17-9-3-10-18-30)38-34(25-28-13-5-1-6-14-28)32(21-23-36(38)42(46)47)27-33-22-24-37(43(48)49)39(41(45)31-19-11-4-12-20-31)35(33)26-29-15-7-2-8-16-29/h1-24H,25-27H2. The van der Waals surface area contributed by atoms with Crippen molar-refractivity contribution >= 4 is 22.9 Å². The van der Waals surface area contributed by atoms with Crippen LogP contribution in [0.1, 0.15) is 65.2 Å². The van der Waals surface area contributed by atoms with Crippen molar-refractivity contribution in [3.05, 3.63) is 221 Å². The van der Waals surface area contributed by atoms with Crippen LogP contribution < -0.4 is 0 Å². The summed E-state index contributed by atoms with van der Waals surface area (Å²) in [6, 6.07) is 41.6. The lowest BCUT2D eigenvalue weighted by Crippen LogP contribution is -2.15. The molecule has 6 aromatic carbocycles. The molecule has 240 valence electrons. The summed E-state index contributed by atoms with van der Waals surface area (Å²) in [5.74, 6) is -0.957. The highest BCUT2D eigenvalue weighted by Gasteiger charge is 2.30. The molecule has 8 nitrogen and oxygen atoms in total. The van der Waals surface area contributed by atoms with Gasteiger partial charge in [-0.2, -0.15) is 0 Å². The van der Waals surface area contributed by atoms with Gasteiger partial charge in [-0.15, -0.1) is 0 Å². The number of ketones is 2. The maximum Gasteiger partial charge on any atom is 0.280 e. The van der Waals surface area contributed by atoms with Crippen molar-refractivity contribution in [2.45, 2.75) is 19.3 Å². The van der Waals surface area contributed by atoms with E-state index in [-0.39, 0.29) is 41.8 Å². The molecule has 0 aliphatic rings. The number of hydrogen-bond donors (Lipinski definition) is 0. The van der Waals surface area contributed by atoms with Crippen LogP contribution in [0.3, 0.4) is 0 Å². The molecule has 0 aliphatic carbocycles. The van der Waals surface area contributed by atoms with Gasteiger partial charge in [0.1, 0.15) is 11.1 Å². The molecule has 0 aliphatic heterocycles. The zero-order valence-corrected chi connectivity index (χ0v) is 26.3. The van der Waals surface area contributed by atoms with Gasteiger partial charge in [-0.1, -0.05) is 133 Å². The molecule has 6 aromatic rings. The molecule has 8 heteroatoms. The Balaban J connectivity index is 1.59. The van der Waals surface area contributed by atoms with Crippen molar-refractivity contribution in [1.82, 2.24) is 0 Å². The maximum atomic E-state index is 14.1. The Morgan fingerprint density at radius 1 is 0.429 bits per heavy atom. The third-order valence-electron chi connectivity index (χ3n) is 8.52. The molecule has 0 spiro atoms.